The Bertz CT molecular complexity index is 946. The monoisotopic (exact) mass is 491 g/mol. The number of rotatable bonds is 3. The lowest BCUT2D eigenvalue weighted by molar-refractivity contribution is 0.184. The van der Waals surface area contributed by atoms with Crippen LogP contribution in [0.2, 0.25) is 10.0 Å². The second kappa shape index (κ2) is 8.36. The second-order valence-electron chi connectivity index (χ2n) is 5.90. The fraction of sp³-hybridized carbons (Fsp3) is 0.235. The van der Waals surface area contributed by atoms with Gasteiger partial charge in [0.15, 0.2) is 0 Å². The molecule has 2 amide bonds. The Morgan fingerprint density at radius 2 is 1.63 bits per heavy atom. The zero-order valence-electron chi connectivity index (χ0n) is 14.0. The smallest absolute Gasteiger partial charge is 0.321 e. The molecule has 1 saturated heterocycles. The zero-order chi connectivity index (χ0) is 19.6. The number of benzene rings is 2. The van der Waals surface area contributed by atoms with Gasteiger partial charge in [-0.2, -0.15) is 4.31 Å². The number of urea groups is 1. The predicted octanol–water partition coefficient (Wildman–Crippen LogP) is 4.29. The minimum Gasteiger partial charge on any atom is -0.322 e. The van der Waals surface area contributed by atoms with Crippen molar-refractivity contribution in [3.63, 3.8) is 0 Å². The number of sulfonamides is 1. The van der Waals surface area contributed by atoms with Crippen molar-refractivity contribution in [2.24, 2.45) is 0 Å². The zero-order valence-corrected chi connectivity index (χ0v) is 17.9. The van der Waals surface area contributed by atoms with Gasteiger partial charge in [0.1, 0.15) is 0 Å². The lowest BCUT2D eigenvalue weighted by Crippen LogP contribution is -2.51. The molecule has 0 aromatic heterocycles. The Kier molecular flexibility index (Phi) is 6.32. The summed E-state index contributed by atoms with van der Waals surface area (Å²) in [5.74, 6) is 0. The molecule has 2 aromatic rings. The first-order valence-corrected chi connectivity index (χ1v) is 11.0. The van der Waals surface area contributed by atoms with E-state index in [1.54, 1.807) is 35.2 Å². The molecule has 144 valence electrons. The van der Waals surface area contributed by atoms with E-state index in [0.29, 0.717) is 15.7 Å². The molecule has 1 aliphatic rings. The molecule has 0 atom stereocenters. The molecule has 1 aliphatic heterocycles. The van der Waals surface area contributed by atoms with Crippen molar-refractivity contribution >= 4 is 60.9 Å². The Morgan fingerprint density at radius 3 is 2.22 bits per heavy atom. The molecular formula is C17H16BrCl2N3O3S. The quantitative estimate of drug-likeness (QED) is 0.694. The number of hydrogen-bond donors (Lipinski definition) is 1. The molecule has 0 bridgehead atoms. The third-order valence-corrected chi connectivity index (χ3v) is 7.12. The van der Waals surface area contributed by atoms with E-state index in [9.17, 15) is 13.2 Å². The topological polar surface area (TPSA) is 69.7 Å². The van der Waals surface area contributed by atoms with E-state index in [2.05, 4.69) is 21.2 Å². The van der Waals surface area contributed by atoms with Gasteiger partial charge in [-0.3, -0.25) is 0 Å². The van der Waals surface area contributed by atoms with Crippen LogP contribution in [0.4, 0.5) is 10.5 Å². The maximum Gasteiger partial charge on any atom is 0.321 e. The van der Waals surface area contributed by atoms with E-state index in [-0.39, 0.29) is 37.1 Å². The van der Waals surface area contributed by atoms with Gasteiger partial charge in [-0.25, -0.2) is 13.2 Å². The van der Waals surface area contributed by atoms with Crippen LogP contribution in [-0.2, 0) is 10.0 Å². The molecule has 3 rings (SSSR count). The fourth-order valence-corrected chi connectivity index (χ4v) is 4.94. The maximum atomic E-state index is 12.7. The average Bonchev–Trinajstić information content (AvgIpc) is 2.64. The minimum atomic E-state index is -3.61. The van der Waals surface area contributed by atoms with Crippen molar-refractivity contribution in [3.8, 4) is 0 Å². The molecule has 0 unspecified atom stereocenters. The number of halogens is 3. The summed E-state index contributed by atoms with van der Waals surface area (Å²) in [7, 11) is -3.61. The highest BCUT2D eigenvalue weighted by atomic mass is 79.9. The highest BCUT2D eigenvalue weighted by Gasteiger charge is 2.30. The molecule has 1 heterocycles. The number of nitrogens with one attached hydrogen (secondary N) is 1. The lowest BCUT2D eigenvalue weighted by Gasteiger charge is -2.34. The van der Waals surface area contributed by atoms with Crippen LogP contribution in [-0.4, -0.2) is 49.8 Å². The molecule has 2 aromatic carbocycles. The van der Waals surface area contributed by atoms with Crippen LogP contribution < -0.4 is 5.32 Å². The van der Waals surface area contributed by atoms with Crippen LogP contribution in [0.25, 0.3) is 0 Å². The number of carbonyl (C=O) groups is 1. The SMILES string of the molecule is O=C(Nc1ccc(Br)cc1Cl)N1CCN(S(=O)(=O)c2ccc(Cl)cc2)CC1. The van der Waals surface area contributed by atoms with Crippen LogP contribution in [0, 0.1) is 0 Å². The third-order valence-electron chi connectivity index (χ3n) is 4.15. The minimum absolute atomic E-state index is 0.187. The summed E-state index contributed by atoms with van der Waals surface area (Å²) >= 11 is 15.2. The molecule has 10 heteroatoms. The van der Waals surface area contributed by atoms with Gasteiger partial charge >= 0.3 is 6.03 Å². The molecule has 6 nitrogen and oxygen atoms in total. The normalized spacial score (nSPS) is 15.6. The predicted molar refractivity (Wildman–Crippen MR) is 110 cm³/mol. The van der Waals surface area contributed by atoms with Gasteiger partial charge in [0.05, 0.1) is 15.6 Å². The standard InChI is InChI=1S/C17H16BrCl2N3O3S/c18-12-1-6-16(15(20)11-12)21-17(24)22-7-9-23(10-8-22)27(25,26)14-4-2-13(19)3-5-14/h1-6,11H,7-10H2,(H,21,24). The largest absolute Gasteiger partial charge is 0.322 e. The number of nitrogens with zero attached hydrogens (tertiary/aromatic N) is 2. The first-order chi connectivity index (χ1) is 12.8. The van der Waals surface area contributed by atoms with Crippen molar-refractivity contribution in [2.75, 3.05) is 31.5 Å². The average molecular weight is 493 g/mol. The van der Waals surface area contributed by atoms with Crippen LogP contribution in [0.15, 0.2) is 51.8 Å². The van der Waals surface area contributed by atoms with Gasteiger partial charge in [0.25, 0.3) is 0 Å². The molecule has 1 fully saturated rings. The Morgan fingerprint density at radius 1 is 1.00 bits per heavy atom. The van der Waals surface area contributed by atoms with E-state index in [1.165, 1.54) is 16.4 Å². The van der Waals surface area contributed by atoms with Gasteiger partial charge in [0, 0.05) is 35.7 Å². The fourth-order valence-electron chi connectivity index (χ4n) is 2.67. The van der Waals surface area contributed by atoms with Gasteiger partial charge in [-0.15, -0.1) is 0 Å². The summed E-state index contributed by atoms with van der Waals surface area (Å²) in [6.07, 6.45) is 0. The molecular weight excluding hydrogens is 477 g/mol. The molecule has 0 radical (unpaired) electrons. The molecule has 1 N–H and O–H groups in total. The van der Waals surface area contributed by atoms with Crippen LogP contribution in [0.3, 0.4) is 0 Å². The molecule has 27 heavy (non-hydrogen) atoms. The van der Waals surface area contributed by atoms with E-state index in [0.717, 1.165) is 4.47 Å². The van der Waals surface area contributed by atoms with Crippen molar-refractivity contribution in [2.45, 2.75) is 4.90 Å². The lowest BCUT2D eigenvalue weighted by atomic mass is 10.3. The number of carbonyl (C=O) groups excluding carboxylic acids is 1. The highest BCUT2D eigenvalue weighted by Crippen LogP contribution is 2.26. The molecule has 0 saturated carbocycles. The number of piperazine rings is 1. The number of hydrogen-bond acceptors (Lipinski definition) is 3. The van der Waals surface area contributed by atoms with Crippen molar-refractivity contribution < 1.29 is 13.2 Å². The van der Waals surface area contributed by atoms with Gasteiger partial charge in [0.2, 0.25) is 10.0 Å². The van der Waals surface area contributed by atoms with Crippen molar-refractivity contribution in [3.05, 3.63) is 57.0 Å². The van der Waals surface area contributed by atoms with Crippen molar-refractivity contribution in [1.29, 1.82) is 0 Å². The summed E-state index contributed by atoms with van der Waals surface area (Å²) in [4.78, 5) is 14.2. The third kappa shape index (κ3) is 4.75. The van der Waals surface area contributed by atoms with E-state index in [4.69, 9.17) is 23.2 Å². The highest BCUT2D eigenvalue weighted by molar-refractivity contribution is 9.10. The van der Waals surface area contributed by atoms with E-state index < -0.39 is 10.0 Å². The summed E-state index contributed by atoms with van der Waals surface area (Å²) in [5, 5.41) is 3.64. The Labute approximate surface area is 176 Å². The first kappa shape index (κ1) is 20.4. The summed E-state index contributed by atoms with van der Waals surface area (Å²) in [5.41, 5.74) is 0.501. The van der Waals surface area contributed by atoms with E-state index >= 15 is 0 Å². The van der Waals surface area contributed by atoms with Gasteiger partial charge in [-0.05, 0) is 42.5 Å². The molecule has 0 spiro atoms. The van der Waals surface area contributed by atoms with Gasteiger partial charge in [-0.1, -0.05) is 39.1 Å². The van der Waals surface area contributed by atoms with Gasteiger partial charge < -0.3 is 10.2 Å². The van der Waals surface area contributed by atoms with Crippen molar-refractivity contribution in [1.82, 2.24) is 9.21 Å². The Balaban J connectivity index is 1.62. The number of amides is 2. The summed E-state index contributed by atoms with van der Waals surface area (Å²) < 4.78 is 27.5. The Hall–Kier alpha value is -1.32. The number of anilines is 1. The summed E-state index contributed by atoms with van der Waals surface area (Å²) in [6.45, 7) is 0.999. The van der Waals surface area contributed by atoms with Crippen LogP contribution in [0.5, 0.6) is 0 Å². The van der Waals surface area contributed by atoms with Crippen LogP contribution in [0.1, 0.15) is 0 Å². The maximum absolute atomic E-state index is 12.7. The van der Waals surface area contributed by atoms with E-state index in [1.807, 2.05) is 0 Å². The second-order valence-corrected chi connectivity index (χ2v) is 9.60. The summed E-state index contributed by atoms with van der Waals surface area (Å²) in [6, 6.07) is 10.9. The molecule has 0 aliphatic carbocycles. The van der Waals surface area contributed by atoms with Crippen LogP contribution >= 0.6 is 39.1 Å². The first-order valence-electron chi connectivity index (χ1n) is 8.04.